The number of nitrogens with zero attached hydrogens (tertiary/aromatic N) is 2. The van der Waals surface area contributed by atoms with Crippen LogP contribution in [0.25, 0.3) is 0 Å². The molecule has 0 aromatic carbocycles. The fraction of sp³-hybridized carbons (Fsp3) is 0.500. The number of nitrogens with one attached hydrogen (secondary N) is 1. The lowest BCUT2D eigenvalue weighted by atomic mass is 10.5. The Morgan fingerprint density at radius 1 is 1.77 bits per heavy atom. The molecule has 1 rings (SSSR count). The lowest BCUT2D eigenvalue weighted by molar-refractivity contribution is -0.384. The van der Waals surface area contributed by atoms with Crippen molar-refractivity contribution in [3.05, 3.63) is 21.2 Å². The Labute approximate surface area is 78.9 Å². The highest BCUT2D eigenvalue weighted by molar-refractivity contribution is 7.12. The van der Waals surface area contributed by atoms with E-state index in [9.17, 15) is 10.1 Å². The van der Waals surface area contributed by atoms with Crippen LogP contribution >= 0.6 is 11.3 Å². The Morgan fingerprint density at radius 2 is 2.54 bits per heavy atom. The van der Waals surface area contributed by atoms with Crippen LogP contribution in [0.3, 0.4) is 0 Å². The summed E-state index contributed by atoms with van der Waals surface area (Å²) in [5.74, 6) is 0. The first-order valence-corrected chi connectivity index (χ1v) is 4.61. The summed E-state index contributed by atoms with van der Waals surface area (Å²) in [7, 11) is 0. The summed E-state index contributed by atoms with van der Waals surface area (Å²) < 4.78 is 0. The van der Waals surface area contributed by atoms with Crippen molar-refractivity contribution in [3.63, 3.8) is 0 Å². The first-order chi connectivity index (χ1) is 6.24. The van der Waals surface area contributed by atoms with E-state index in [0.29, 0.717) is 25.3 Å². The monoisotopic (exact) mass is 202 g/mol. The van der Waals surface area contributed by atoms with Gasteiger partial charge in [-0.05, 0) is 21.2 Å². The highest BCUT2D eigenvalue weighted by Gasteiger charge is 2.12. The maximum absolute atomic E-state index is 10.3. The smallest absolute Gasteiger partial charge is 0.357 e. The maximum atomic E-state index is 10.3. The summed E-state index contributed by atoms with van der Waals surface area (Å²) in [6.45, 7) is 1.76. The third kappa shape index (κ3) is 3.05. The van der Waals surface area contributed by atoms with E-state index in [1.165, 1.54) is 0 Å². The fourth-order valence-electron chi connectivity index (χ4n) is 0.780. The summed E-state index contributed by atoms with van der Waals surface area (Å²) >= 11 is 1.03. The van der Waals surface area contributed by atoms with Crippen molar-refractivity contribution in [2.75, 3.05) is 13.1 Å². The molecule has 0 aliphatic heterocycles. The van der Waals surface area contributed by atoms with Gasteiger partial charge in [0.2, 0.25) is 0 Å². The summed E-state index contributed by atoms with van der Waals surface area (Å²) in [5, 5.41) is 14.9. The predicted octanol–water partition coefficient (Wildman–Crippen LogP) is 0.0996. The molecule has 0 aliphatic carbocycles. The Hall–Kier alpha value is -1.05. The van der Waals surface area contributed by atoms with Gasteiger partial charge in [-0.25, -0.2) is 0 Å². The van der Waals surface area contributed by atoms with Crippen LogP contribution in [-0.4, -0.2) is 23.0 Å². The van der Waals surface area contributed by atoms with E-state index < -0.39 is 4.92 Å². The third-order valence-electron chi connectivity index (χ3n) is 1.32. The molecule has 1 aromatic heterocycles. The summed E-state index contributed by atoms with van der Waals surface area (Å²) in [6.07, 6.45) is 0. The molecule has 13 heavy (non-hydrogen) atoms. The van der Waals surface area contributed by atoms with Crippen LogP contribution in [0.1, 0.15) is 5.69 Å². The molecule has 7 heteroatoms. The molecule has 3 N–H and O–H groups in total. The Morgan fingerprint density at radius 3 is 3.08 bits per heavy atom. The molecular formula is C6H10N4O2S. The van der Waals surface area contributed by atoms with Gasteiger partial charge >= 0.3 is 5.13 Å². The minimum absolute atomic E-state index is 0.0652. The van der Waals surface area contributed by atoms with Gasteiger partial charge in [-0.3, -0.25) is 0 Å². The maximum Gasteiger partial charge on any atom is 0.423 e. The van der Waals surface area contributed by atoms with Gasteiger partial charge in [0.05, 0.1) is 6.54 Å². The van der Waals surface area contributed by atoms with Crippen molar-refractivity contribution in [3.8, 4) is 0 Å². The average Bonchev–Trinajstić information content (AvgIpc) is 2.53. The molecular weight excluding hydrogens is 192 g/mol. The van der Waals surface area contributed by atoms with E-state index in [2.05, 4.69) is 10.3 Å². The van der Waals surface area contributed by atoms with Crippen molar-refractivity contribution in [2.24, 2.45) is 5.73 Å². The number of rotatable bonds is 5. The van der Waals surface area contributed by atoms with Gasteiger partial charge in [-0.1, -0.05) is 0 Å². The second-order valence-corrected chi connectivity index (χ2v) is 3.18. The summed E-state index contributed by atoms with van der Waals surface area (Å²) in [6, 6.07) is 0. The van der Waals surface area contributed by atoms with Gasteiger partial charge in [0, 0.05) is 18.5 Å². The molecule has 0 atom stereocenters. The Kier molecular flexibility index (Phi) is 3.74. The van der Waals surface area contributed by atoms with Gasteiger partial charge in [0.1, 0.15) is 0 Å². The Bertz CT molecular complexity index is 288. The van der Waals surface area contributed by atoms with Crippen molar-refractivity contribution in [2.45, 2.75) is 6.54 Å². The standard InChI is InChI=1S/C6H10N4O2S/c7-1-2-8-3-5-4-13-6(9-5)10(11)12/h4,8H,1-3,7H2. The van der Waals surface area contributed by atoms with Crippen LogP contribution in [0.5, 0.6) is 0 Å². The predicted molar refractivity (Wildman–Crippen MR) is 49.5 cm³/mol. The second-order valence-electron chi connectivity index (χ2n) is 2.34. The Balaban J connectivity index is 2.44. The molecule has 6 nitrogen and oxygen atoms in total. The van der Waals surface area contributed by atoms with E-state index in [-0.39, 0.29) is 5.13 Å². The van der Waals surface area contributed by atoms with Crippen molar-refractivity contribution >= 4 is 16.5 Å². The molecule has 0 spiro atoms. The number of nitro groups is 1. The van der Waals surface area contributed by atoms with Crippen LogP contribution in [0, 0.1) is 10.1 Å². The molecule has 1 aromatic rings. The zero-order valence-corrected chi connectivity index (χ0v) is 7.71. The van der Waals surface area contributed by atoms with Crippen molar-refractivity contribution in [1.82, 2.24) is 10.3 Å². The molecule has 0 bridgehead atoms. The van der Waals surface area contributed by atoms with E-state index in [1.807, 2.05) is 0 Å². The van der Waals surface area contributed by atoms with E-state index in [1.54, 1.807) is 5.38 Å². The molecule has 0 aliphatic rings. The third-order valence-corrected chi connectivity index (χ3v) is 2.16. The number of nitrogens with two attached hydrogens (primary N) is 1. The largest absolute Gasteiger partial charge is 0.423 e. The number of aromatic nitrogens is 1. The van der Waals surface area contributed by atoms with Gasteiger partial charge in [0.25, 0.3) is 0 Å². The van der Waals surface area contributed by atoms with Gasteiger partial charge < -0.3 is 21.2 Å². The van der Waals surface area contributed by atoms with E-state index >= 15 is 0 Å². The second kappa shape index (κ2) is 4.85. The SMILES string of the molecule is NCCNCc1csc([N+](=O)[O-])n1. The van der Waals surface area contributed by atoms with Crippen LogP contribution in [0.4, 0.5) is 5.13 Å². The first kappa shape index (κ1) is 10.0. The summed E-state index contributed by atoms with van der Waals surface area (Å²) in [4.78, 5) is 13.6. The van der Waals surface area contributed by atoms with E-state index in [0.717, 1.165) is 11.3 Å². The van der Waals surface area contributed by atoms with Gasteiger partial charge in [-0.15, -0.1) is 0 Å². The van der Waals surface area contributed by atoms with Crippen LogP contribution in [0.15, 0.2) is 5.38 Å². The van der Waals surface area contributed by atoms with Crippen LogP contribution in [0.2, 0.25) is 0 Å². The minimum atomic E-state index is -0.489. The number of thiazole rings is 1. The molecule has 0 saturated carbocycles. The van der Waals surface area contributed by atoms with Gasteiger partial charge in [-0.2, -0.15) is 0 Å². The van der Waals surface area contributed by atoms with Gasteiger partial charge in [0.15, 0.2) is 5.69 Å². The van der Waals surface area contributed by atoms with Crippen LogP contribution < -0.4 is 11.1 Å². The molecule has 0 saturated heterocycles. The number of hydrogen-bond acceptors (Lipinski definition) is 6. The lowest BCUT2D eigenvalue weighted by Crippen LogP contribution is -2.21. The normalized spacial score (nSPS) is 10.2. The highest BCUT2D eigenvalue weighted by Crippen LogP contribution is 2.16. The highest BCUT2D eigenvalue weighted by atomic mass is 32.1. The fourth-order valence-corrected chi connectivity index (χ4v) is 1.41. The topological polar surface area (TPSA) is 94.1 Å². The molecule has 1 heterocycles. The summed E-state index contributed by atoms with van der Waals surface area (Å²) in [5.41, 5.74) is 5.94. The minimum Gasteiger partial charge on any atom is -0.357 e. The number of hydrogen-bond donors (Lipinski definition) is 2. The molecule has 72 valence electrons. The molecule has 0 fully saturated rings. The van der Waals surface area contributed by atoms with E-state index in [4.69, 9.17) is 5.73 Å². The first-order valence-electron chi connectivity index (χ1n) is 3.73. The zero-order valence-electron chi connectivity index (χ0n) is 6.90. The average molecular weight is 202 g/mol. The molecule has 0 radical (unpaired) electrons. The van der Waals surface area contributed by atoms with Crippen molar-refractivity contribution in [1.29, 1.82) is 0 Å². The quantitative estimate of drug-likeness (QED) is 0.401. The van der Waals surface area contributed by atoms with Crippen molar-refractivity contribution < 1.29 is 4.92 Å². The molecule has 0 unspecified atom stereocenters. The molecule has 0 amide bonds. The lowest BCUT2D eigenvalue weighted by Gasteiger charge is -1.94. The zero-order chi connectivity index (χ0) is 9.68. The van der Waals surface area contributed by atoms with Crippen LogP contribution in [-0.2, 0) is 6.54 Å².